The zero-order valence-electron chi connectivity index (χ0n) is 16.9. The van der Waals surface area contributed by atoms with Crippen molar-refractivity contribution in [3.8, 4) is 0 Å². The molecule has 3 heterocycles. The predicted molar refractivity (Wildman–Crippen MR) is 106 cm³/mol. The Hall–Kier alpha value is -2.44. The van der Waals surface area contributed by atoms with Crippen molar-refractivity contribution < 1.29 is 4.79 Å². The largest absolute Gasteiger partial charge is 0.348 e. The molecule has 1 aliphatic rings. The molecule has 7 heteroatoms. The third-order valence-electron chi connectivity index (χ3n) is 4.86. The van der Waals surface area contributed by atoms with Gasteiger partial charge in [-0.15, -0.1) is 0 Å². The number of carbonyl (C=O) groups excluding carboxylic acids is 1. The highest BCUT2D eigenvalue weighted by Crippen LogP contribution is 2.24. The Morgan fingerprint density at radius 2 is 1.81 bits per heavy atom. The second kappa shape index (κ2) is 7.66. The first-order chi connectivity index (χ1) is 12.8. The van der Waals surface area contributed by atoms with Gasteiger partial charge in [-0.05, 0) is 51.7 Å². The van der Waals surface area contributed by atoms with Gasteiger partial charge in [-0.25, -0.2) is 9.97 Å². The third-order valence-corrected chi connectivity index (χ3v) is 4.86. The van der Waals surface area contributed by atoms with Gasteiger partial charge in [0.2, 0.25) is 5.95 Å². The molecule has 0 saturated carbocycles. The van der Waals surface area contributed by atoms with Gasteiger partial charge in [0.1, 0.15) is 5.69 Å². The summed E-state index contributed by atoms with van der Waals surface area (Å²) in [5, 5.41) is 7.76. The molecule has 27 heavy (non-hydrogen) atoms. The molecule has 0 bridgehead atoms. The van der Waals surface area contributed by atoms with E-state index in [-0.39, 0.29) is 17.5 Å². The third kappa shape index (κ3) is 4.46. The maximum absolute atomic E-state index is 12.8. The smallest absolute Gasteiger partial charge is 0.272 e. The van der Waals surface area contributed by atoms with Crippen molar-refractivity contribution >= 4 is 11.9 Å². The minimum Gasteiger partial charge on any atom is -0.348 e. The van der Waals surface area contributed by atoms with Gasteiger partial charge in [0.15, 0.2) is 0 Å². The zero-order chi connectivity index (χ0) is 19.6. The number of anilines is 1. The fraction of sp³-hybridized carbons (Fsp3) is 0.600. The van der Waals surface area contributed by atoms with Crippen LogP contribution in [0.2, 0.25) is 0 Å². The molecule has 1 fully saturated rings. The molecule has 0 atom stereocenters. The maximum Gasteiger partial charge on any atom is 0.272 e. The van der Waals surface area contributed by atoms with E-state index in [9.17, 15) is 4.79 Å². The molecule has 0 spiro atoms. The summed E-state index contributed by atoms with van der Waals surface area (Å²) in [7, 11) is 0. The summed E-state index contributed by atoms with van der Waals surface area (Å²) in [5.41, 5.74) is 1.44. The van der Waals surface area contributed by atoms with Gasteiger partial charge < -0.3 is 10.2 Å². The van der Waals surface area contributed by atoms with E-state index in [0.717, 1.165) is 37.6 Å². The molecule has 2 aromatic heterocycles. The lowest BCUT2D eigenvalue weighted by atomic mass is 10.0. The summed E-state index contributed by atoms with van der Waals surface area (Å²) in [5.74, 6) is 0.981. The Morgan fingerprint density at radius 3 is 2.33 bits per heavy atom. The average Bonchev–Trinajstić information content (AvgIpc) is 3.09. The van der Waals surface area contributed by atoms with E-state index in [0.29, 0.717) is 11.6 Å². The maximum atomic E-state index is 12.8. The van der Waals surface area contributed by atoms with Gasteiger partial charge in [0.25, 0.3) is 5.91 Å². The number of carbonyl (C=O) groups is 1. The van der Waals surface area contributed by atoms with E-state index in [4.69, 9.17) is 0 Å². The number of hydrogen-bond donors (Lipinski definition) is 1. The van der Waals surface area contributed by atoms with Gasteiger partial charge in [0.05, 0.1) is 5.54 Å². The van der Waals surface area contributed by atoms with Crippen molar-refractivity contribution in [3.63, 3.8) is 0 Å². The fourth-order valence-corrected chi connectivity index (χ4v) is 3.39. The van der Waals surface area contributed by atoms with Crippen LogP contribution in [0.4, 0.5) is 5.95 Å². The molecule has 146 valence electrons. The Kier molecular flexibility index (Phi) is 5.48. The summed E-state index contributed by atoms with van der Waals surface area (Å²) in [4.78, 5) is 23.5. The molecular weight excluding hydrogens is 340 g/mol. The Balaban J connectivity index is 1.63. The van der Waals surface area contributed by atoms with Gasteiger partial charge in [0, 0.05) is 37.2 Å². The summed E-state index contributed by atoms with van der Waals surface area (Å²) in [6.07, 6.45) is 5.27. The average molecular weight is 371 g/mol. The van der Waals surface area contributed by atoms with Crippen molar-refractivity contribution in [2.24, 2.45) is 0 Å². The van der Waals surface area contributed by atoms with Crippen molar-refractivity contribution in [3.05, 3.63) is 35.9 Å². The van der Waals surface area contributed by atoms with Crippen LogP contribution in [0.15, 0.2) is 24.5 Å². The first kappa shape index (κ1) is 19.3. The van der Waals surface area contributed by atoms with Gasteiger partial charge in [-0.2, -0.15) is 5.10 Å². The molecule has 1 amide bonds. The Labute approximate surface area is 161 Å². The molecule has 0 radical (unpaired) electrons. The minimum absolute atomic E-state index is 0.0886. The van der Waals surface area contributed by atoms with E-state index in [1.807, 2.05) is 16.8 Å². The topological polar surface area (TPSA) is 75.9 Å². The summed E-state index contributed by atoms with van der Waals surface area (Å²) in [6.45, 7) is 12.2. The molecule has 0 unspecified atom stereocenters. The number of aromatic nitrogens is 4. The molecule has 3 rings (SSSR count). The van der Waals surface area contributed by atoms with E-state index in [1.54, 1.807) is 12.4 Å². The highest BCUT2D eigenvalue weighted by atomic mass is 16.2. The second-order valence-electron chi connectivity index (χ2n) is 8.48. The van der Waals surface area contributed by atoms with Crippen LogP contribution < -0.4 is 10.2 Å². The standard InChI is InChI=1S/C20H30N6O/c1-14(2)17-13-16(24-26(17)20(3,4)5)18(27)23-15-7-11-25(12-8-15)19-21-9-6-10-22-19/h6,9-10,13-15H,7-8,11-12H2,1-5H3,(H,23,27). The summed E-state index contributed by atoms with van der Waals surface area (Å²) in [6, 6.07) is 3.90. The van der Waals surface area contributed by atoms with E-state index < -0.39 is 0 Å². The lowest BCUT2D eigenvalue weighted by Gasteiger charge is -2.32. The van der Waals surface area contributed by atoms with Crippen LogP contribution in [0.5, 0.6) is 0 Å². The van der Waals surface area contributed by atoms with Gasteiger partial charge in [-0.3, -0.25) is 9.48 Å². The van der Waals surface area contributed by atoms with Gasteiger partial charge >= 0.3 is 0 Å². The lowest BCUT2D eigenvalue weighted by Crippen LogP contribution is -2.45. The zero-order valence-corrected chi connectivity index (χ0v) is 16.9. The number of nitrogens with zero attached hydrogens (tertiary/aromatic N) is 5. The van der Waals surface area contributed by atoms with Crippen LogP contribution in [-0.4, -0.2) is 44.8 Å². The molecular formula is C20H30N6O. The summed E-state index contributed by atoms with van der Waals surface area (Å²) >= 11 is 0. The first-order valence-corrected chi connectivity index (χ1v) is 9.69. The Bertz CT molecular complexity index is 770. The lowest BCUT2D eigenvalue weighted by molar-refractivity contribution is 0.0924. The van der Waals surface area contributed by atoms with E-state index in [2.05, 4.69) is 59.9 Å². The normalized spacial score (nSPS) is 16.0. The molecule has 2 aromatic rings. The van der Waals surface area contributed by atoms with Crippen LogP contribution in [-0.2, 0) is 5.54 Å². The fourth-order valence-electron chi connectivity index (χ4n) is 3.39. The van der Waals surface area contributed by atoms with Crippen LogP contribution in [0.3, 0.4) is 0 Å². The minimum atomic E-state index is -0.154. The number of nitrogens with one attached hydrogen (secondary N) is 1. The molecule has 1 saturated heterocycles. The molecule has 0 aliphatic carbocycles. The number of hydrogen-bond acceptors (Lipinski definition) is 5. The Morgan fingerprint density at radius 1 is 1.19 bits per heavy atom. The number of amides is 1. The SMILES string of the molecule is CC(C)c1cc(C(=O)NC2CCN(c3ncccn3)CC2)nn1C(C)(C)C. The van der Waals surface area contributed by atoms with Crippen molar-refractivity contribution in [1.82, 2.24) is 25.1 Å². The van der Waals surface area contributed by atoms with Crippen LogP contribution in [0, 0.1) is 0 Å². The molecule has 0 aromatic carbocycles. The predicted octanol–water partition coefficient (Wildman–Crippen LogP) is 2.95. The van der Waals surface area contributed by atoms with Crippen LogP contribution >= 0.6 is 0 Å². The van der Waals surface area contributed by atoms with E-state index in [1.165, 1.54) is 0 Å². The second-order valence-corrected chi connectivity index (χ2v) is 8.48. The summed E-state index contributed by atoms with van der Waals surface area (Å²) < 4.78 is 1.97. The quantitative estimate of drug-likeness (QED) is 0.895. The monoisotopic (exact) mass is 370 g/mol. The highest BCUT2D eigenvalue weighted by Gasteiger charge is 2.26. The van der Waals surface area contributed by atoms with Crippen LogP contribution in [0.1, 0.15) is 69.6 Å². The van der Waals surface area contributed by atoms with Crippen LogP contribution in [0.25, 0.3) is 0 Å². The first-order valence-electron chi connectivity index (χ1n) is 9.69. The van der Waals surface area contributed by atoms with Crippen molar-refractivity contribution in [1.29, 1.82) is 0 Å². The van der Waals surface area contributed by atoms with Crippen molar-refractivity contribution in [2.75, 3.05) is 18.0 Å². The van der Waals surface area contributed by atoms with Gasteiger partial charge in [-0.1, -0.05) is 13.8 Å². The molecule has 1 aliphatic heterocycles. The number of rotatable bonds is 4. The van der Waals surface area contributed by atoms with Crippen molar-refractivity contribution in [2.45, 2.75) is 65.0 Å². The molecule has 1 N–H and O–H groups in total. The van der Waals surface area contributed by atoms with E-state index >= 15 is 0 Å². The number of piperidine rings is 1. The highest BCUT2D eigenvalue weighted by molar-refractivity contribution is 5.92. The molecule has 7 nitrogen and oxygen atoms in total.